The summed E-state index contributed by atoms with van der Waals surface area (Å²) in [6, 6.07) is 1.01. The van der Waals surface area contributed by atoms with E-state index in [0.29, 0.717) is 17.2 Å². The minimum atomic E-state index is -4.67. The van der Waals surface area contributed by atoms with E-state index in [4.69, 9.17) is 0 Å². The number of alkyl halides is 3. The van der Waals surface area contributed by atoms with E-state index in [1.54, 1.807) is 0 Å². The zero-order valence-electron chi connectivity index (χ0n) is 9.31. The molecule has 0 bridgehead atoms. The predicted octanol–water partition coefficient (Wildman–Crippen LogP) is 3.24. The van der Waals surface area contributed by atoms with E-state index in [0.717, 1.165) is 14.2 Å². The van der Waals surface area contributed by atoms with Crippen LogP contribution in [0.3, 0.4) is 0 Å². The van der Waals surface area contributed by atoms with Crippen molar-refractivity contribution < 1.29 is 27.2 Å². The Bertz CT molecular complexity index is 476. The van der Waals surface area contributed by atoms with E-state index in [9.17, 15) is 22.4 Å². The first-order chi connectivity index (χ1) is 8.18. The first kappa shape index (κ1) is 14.9. The van der Waals surface area contributed by atoms with Crippen LogP contribution in [0.4, 0.5) is 17.6 Å². The highest BCUT2D eigenvalue weighted by atomic mass is 79.9. The quantitative estimate of drug-likeness (QED) is 0.615. The summed E-state index contributed by atoms with van der Waals surface area (Å²) in [6.45, 7) is 0. The van der Waals surface area contributed by atoms with Gasteiger partial charge in [-0.25, -0.2) is 9.45 Å². The minimum absolute atomic E-state index is 0.440. The van der Waals surface area contributed by atoms with E-state index in [1.807, 2.05) is 0 Å². The number of rotatable bonds is 2. The average Bonchev–Trinajstić information content (AvgIpc) is 2.29. The van der Waals surface area contributed by atoms with Gasteiger partial charge in [-0.05, 0) is 28.1 Å². The number of hydrogen-bond donors (Lipinski definition) is 0. The van der Waals surface area contributed by atoms with Gasteiger partial charge in [0.05, 0.1) is 22.7 Å². The first-order valence-electron chi connectivity index (χ1n) is 4.57. The predicted molar refractivity (Wildman–Crippen MR) is 58.2 cm³/mol. The number of benzene rings is 1. The fraction of sp³-hybridized carbons (Fsp3) is 0.300. The summed E-state index contributed by atoms with van der Waals surface area (Å²) < 4.78 is 50.7. The number of halogens is 5. The molecule has 0 aliphatic carbocycles. The molecule has 0 saturated carbocycles. The van der Waals surface area contributed by atoms with E-state index in [-0.39, 0.29) is 0 Å². The number of nitrogens with zero attached hydrogens (tertiary/aromatic N) is 1. The van der Waals surface area contributed by atoms with E-state index < -0.39 is 33.5 Å². The summed E-state index contributed by atoms with van der Waals surface area (Å²) in [6.07, 6.45) is -4.67. The molecule has 3 nitrogen and oxygen atoms in total. The van der Waals surface area contributed by atoms with Crippen LogP contribution in [0.25, 0.3) is 0 Å². The van der Waals surface area contributed by atoms with Gasteiger partial charge in [-0.3, -0.25) is 9.63 Å². The molecule has 0 aliphatic heterocycles. The molecular weight excluding hydrogens is 322 g/mol. The van der Waals surface area contributed by atoms with Gasteiger partial charge in [0.15, 0.2) is 0 Å². The highest BCUT2D eigenvalue weighted by Crippen LogP contribution is 2.33. The van der Waals surface area contributed by atoms with Crippen molar-refractivity contribution in [2.24, 2.45) is 0 Å². The second-order valence-electron chi connectivity index (χ2n) is 3.30. The summed E-state index contributed by atoms with van der Waals surface area (Å²) in [7, 11) is 2.30. The highest BCUT2D eigenvalue weighted by Gasteiger charge is 2.33. The molecule has 1 aromatic rings. The number of amides is 1. The molecule has 0 aliphatic rings. The fourth-order valence-corrected chi connectivity index (χ4v) is 1.62. The van der Waals surface area contributed by atoms with Gasteiger partial charge in [0.25, 0.3) is 5.91 Å². The Morgan fingerprint density at radius 3 is 2.39 bits per heavy atom. The van der Waals surface area contributed by atoms with Crippen molar-refractivity contribution in [1.82, 2.24) is 5.06 Å². The van der Waals surface area contributed by atoms with Crippen molar-refractivity contribution >= 4 is 21.8 Å². The van der Waals surface area contributed by atoms with Gasteiger partial charge in [0.1, 0.15) is 5.82 Å². The monoisotopic (exact) mass is 329 g/mol. The number of carbonyl (C=O) groups is 1. The SMILES string of the molecule is CON(C)C(=O)c1cc(C(F)(F)F)cc(Br)c1F. The Kier molecular flexibility index (Phi) is 4.33. The molecule has 1 rings (SSSR count). The molecule has 18 heavy (non-hydrogen) atoms. The largest absolute Gasteiger partial charge is 0.416 e. The third kappa shape index (κ3) is 2.99. The van der Waals surface area contributed by atoms with Crippen LogP contribution in [0.2, 0.25) is 0 Å². The van der Waals surface area contributed by atoms with Crippen LogP contribution in [0.5, 0.6) is 0 Å². The molecule has 0 unspecified atom stereocenters. The van der Waals surface area contributed by atoms with E-state index in [1.165, 1.54) is 0 Å². The standard InChI is InChI=1S/C10H8BrF4NO2/c1-16(18-2)9(17)6-3-5(10(13,14)15)4-7(11)8(6)12/h3-4H,1-2H3. The lowest BCUT2D eigenvalue weighted by molar-refractivity contribution is -0.137. The molecule has 0 saturated heterocycles. The Labute approximate surface area is 108 Å². The second-order valence-corrected chi connectivity index (χ2v) is 4.16. The van der Waals surface area contributed by atoms with Crippen molar-refractivity contribution in [2.75, 3.05) is 14.2 Å². The first-order valence-corrected chi connectivity index (χ1v) is 5.36. The minimum Gasteiger partial charge on any atom is -0.274 e. The Hall–Kier alpha value is -1.15. The molecule has 0 aromatic heterocycles. The van der Waals surface area contributed by atoms with Crippen molar-refractivity contribution in [2.45, 2.75) is 6.18 Å². The molecule has 0 N–H and O–H groups in total. The molecule has 1 aromatic carbocycles. The number of hydroxylamine groups is 2. The maximum atomic E-state index is 13.6. The molecule has 0 fully saturated rings. The molecule has 0 radical (unpaired) electrons. The summed E-state index contributed by atoms with van der Waals surface area (Å²) in [5.41, 5.74) is -1.84. The Balaban J connectivity index is 3.36. The molecule has 0 atom stereocenters. The van der Waals surface area contributed by atoms with E-state index >= 15 is 0 Å². The second kappa shape index (κ2) is 5.23. The average molecular weight is 330 g/mol. The van der Waals surface area contributed by atoms with Crippen LogP contribution in [0, 0.1) is 5.82 Å². The molecule has 0 spiro atoms. The van der Waals surface area contributed by atoms with Gasteiger partial charge in [-0.2, -0.15) is 13.2 Å². The van der Waals surface area contributed by atoms with Crippen molar-refractivity contribution in [1.29, 1.82) is 0 Å². The summed E-state index contributed by atoms with van der Waals surface area (Å²) in [4.78, 5) is 16.1. The van der Waals surface area contributed by atoms with Crippen LogP contribution in [-0.4, -0.2) is 25.1 Å². The van der Waals surface area contributed by atoms with Crippen LogP contribution in [0.1, 0.15) is 15.9 Å². The number of hydrogen-bond acceptors (Lipinski definition) is 2. The lowest BCUT2D eigenvalue weighted by Crippen LogP contribution is -2.27. The summed E-state index contributed by atoms with van der Waals surface area (Å²) in [5, 5.41) is 0.630. The van der Waals surface area contributed by atoms with Gasteiger partial charge in [0.2, 0.25) is 0 Å². The summed E-state index contributed by atoms with van der Waals surface area (Å²) in [5.74, 6) is -2.08. The van der Waals surface area contributed by atoms with Crippen LogP contribution in [0.15, 0.2) is 16.6 Å². The summed E-state index contributed by atoms with van der Waals surface area (Å²) >= 11 is 2.64. The fourth-order valence-electron chi connectivity index (χ4n) is 1.16. The smallest absolute Gasteiger partial charge is 0.274 e. The molecule has 8 heteroatoms. The molecule has 100 valence electrons. The van der Waals surface area contributed by atoms with Crippen LogP contribution in [-0.2, 0) is 11.0 Å². The van der Waals surface area contributed by atoms with Gasteiger partial charge < -0.3 is 0 Å². The Morgan fingerprint density at radius 1 is 1.39 bits per heavy atom. The van der Waals surface area contributed by atoms with Gasteiger partial charge >= 0.3 is 6.18 Å². The third-order valence-corrected chi connectivity index (χ3v) is 2.72. The van der Waals surface area contributed by atoms with Crippen LogP contribution < -0.4 is 0 Å². The zero-order valence-corrected chi connectivity index (χ0v) is 10.9. The molecular formula is C10H8BrF4NO2. The van der Waals surface area contributed by atoms with E-state index in [2.05, 4.69) is 20.8 Å². The van der Waals surface area contributed by atoms with Gasteiger partial charge in [-0.1, -0.05) is 0 Å². The zero-order chi connectivity index (χ0) is 14.1. The lowest BCUT2D eigenvalue weighted by atomic mass is 10.1. The molecule has 0 heterocycles. The normalized spacial score (nSPS) is 11.5. The third-order valence-electron chi connectivity index (χ3n) is 2.15. The maximum Gasteiger partial charge on any atom is 0.416 e. The molecule has 1 amide bonds. The maximum absolute atomic E-state index is 13.6. The lowest BCUT2D eigenvalue weighted by Gasteiger charge is -2.16. The van der Waals surface area contributed by atoms with Gasteiger partial charge in [0, 0.05) is 7.05 Å². The van der Waals surface area contributed by atoms with Crippen molar-refractivity contribution in [3.63, 3.8) is 0 Å². The highest BCUT2D eigenvalue weighted by molar-refractivity contribution is 9.10. The van der Waals surface area contributed by atoms with Crippen molar-refractivity contribution in [3.05, 3.63) is 33.5 Å². The van der Waals surface area contributed by atoms with Crippen LogP contribution >= 0.6 is 15.9 Å². The van der Waals surface area contributed by atoms with Crippen molar-refractivity contribution in [3.8, 4) is 0 Å². The Morgan fingerprint density at radius 2 is 1.94 bits per heavy atom. The number of carbonyl (C=O) groups excluding carboxylic acids is 1. The topological polar surface area (TPSA) is 29.5 Å². The van der Waals surface area contributed by atoms with Gasteiger partial charge in [-0.15, -0.1) is 0 Å².